The molecule has 1 saturated heterocycles. The normalized spacial score (nSPS) is 45.3. The molecule has 1 heterocycles. The van der Waals surface area contributed by atoms with Crippen molar-refractivity contribution in [1.82, 2.24) is 0 Å². The molecule has 2 N–H and O–H groups in total. The topological polar surface area (TPSA) is 66.8 Å². The monoisotopic (exact) mass is 312 g/mol. The van der Waals surface area contributed by atoms with E-state index in [1.165, 1.54) is 0 Å². The molecule has 0 amide bonds. The van der Waals surface area contributed by atoms with Crippen LogP contribution in [-0.4, -0.2) is 33.5 Å². The smallest absolute Gasteiger partial charge is 0.309 e. The number of aliphatic hydroxyl groups is 2. The minimum Gasteiger partial charge on any atom is -0.456 e. The first kappa shape index (κ1) is 17.7. The predicted octanol–water partition coefficient (Wildman–Crippen LogP) is 3.05. The van der Waals surface area contributed by atoms with Crippen molar-refractivity contribution in [3.8, 4) is 0 Å². The fourth-order valence-corrected chi connectivity index (χ4v) is 5.07. The van der Waals surface area contributed by atoms with E-state index in [0.717, 1.165) is 25.7 Å². The number of hydrogen-bond acceptors (Lipinski definition) is 4. The van der Waals surface area contributed by atoms with Crippen molar-refractivity contribution in [2.24, 2.45) is 17.8 Å². The number of unbranched alkanes of at least 4 members (excludes halogenated alkanes) is 1. The second-order valence-corrected chi connectivity index (χ2v) is 7.40. The van der Waals surface area contributed by atoms with Crippen LogP contribution < -0.4 is 0 Å². The number of carbonyl (C=O) groups is 1. The zero-order valence-corrected chi connectivity index (χ0v) is 14.5. The average molecular weight is 312 g/mol. The number of rotatable bonds is 6. The van der Waals surface area contributed by atoms with Gasteiger partial charge in [0.05, 0.1) is 12.0 Å². The van der Waals surface area contributed by atoms with E-state index in [2.05, 4.69) is 13.8 Å². The van der Waals surface area contributed by atoms with Gasteiger partial charge in [-0.25, -0.2) is 0 Å². The minimum atomic E-state index is -0.914. The molecule has 1 aliphatic carbocycles. The number of esters is 1. The molecule has 2 rings (SSSR count). The van der Waals surface area contributed by atoms with Crippen LogP contribution in [0.5, 0.6) is 0 Å². The van der Waals surface area contributed by atoms with Gasteiger partial charge in [-0.15, -0.1) is 0 Å². The van der Waals surface area contributed by atoms with Gasteiger partial charge in [-0.05, 0) is 31.1 Å². The molecule has 0 aromatic rings. The Bertz CT molecular complexity index is 410. The van der Waals surface area contributed by atoms with Crippen LogP contribution in [-0.2, 0) is 9.53 Å². The van der Waals surface area contributed by atoms with E-state index in [4.69, 9.17) is 4.74 Å². The van der Waals surface area contributed by atoms with Gasteiger partial charge in [0.2, 0.25) is 0 Å². The van der Waals surface area contributed by atoms with Gasteiger partial charge in [0, 0.05) is 5.92 Å². The fraction of sp³-hybridized carbons (Fsp3) is 0.944. The van der Waals surface area contributed by atoms with Gasteiger partial charge in [-0.2, -0.15) is 0 Å². The Morgan fingerprint density at radius 2 is 1.95 bits per heavy atom. The maximum atomic E-state index is 11.8. The summed E-state index contributed by atoms with van der Waals surface area (Å²) in [6.45, 7) is 8.28. The highest BCUT2D eigenvalue weighted by Crippen LogP contribution is 2.56. The molecule has 22 heavy (non-hydrogen) atoms. The van der Waals surface area contributed by atoms with E-state index in [9.17, 15) is 15.0 Å². The Morgan fingerprint density at radius 1 is 1.27 bits per heavy atom. The summed E-state index contributed by atoms with van der Waals surface area (Å²) in [4.78, 5) is 11.8. The third-order valence-corrected chi connectivity index (χ3v) is 6.31. The maximum absolute atomic E-state index is 11.8. The van der Waals surface area contributed by atoms with Crippen molar-refractivity contribution in [2.45, 2.75) is 89.9 Å². The van der Waals surface area contributed by atoms with Gasteiger partial charge >= 0.3 is 5.97 Å². The average Bonchev–Trinajstić information content (AvgIpc) is 2.91. The largest absolute Gasteiger partial charge is 0.456 e. The SMILES string of the molecule is CCCCC1CC(O)(CC)C(C2(CC)OC(=O)CC2O)C1C. The first-order chi connectivity index (χ1) is 10.3. The lowest BCUT2D eigenvalue weighted by molar-refractivity contribution is -0.181. The number of carbonyl (C=O) groups excluding carboxylic acids is 1. The second kappa shape index (κ2) is 6.48. The van der Waals surface area contributed by atoms with E-state index < -0.39 is 17.3 Å². The van der Waals surface area contributed by atoms with Gasteiger partial charge in [0.25, 0.3) is 0 Å². The van der Waals surface area contributed by atoms with Crippen LogP contribution in [0.3, 0.4) is 0 Å². The van der Waals surface area contributed by atoms with E-state index in [1.807, 2.05) is 13.8 Å². The lowest BCUT2D eigenvalue weighted by Crippen LogP contribution is -2.55. The quantitative estimate of drug-likeness (QED) is 0.740. The molecule has 0 aromatic carbocycles. The Labute approximate surface area is 134 Å². The molecule has 6 unspecified atom stereocenters. The molecule has 0 bridgehead atoms. The predicted molar refractivity (Wildman–Crippen MR) is 85.3 cm³/mol. The van der Waals surface area contributed by atoms with Crippen molar-refractivity contribution in [2.75, 3.05) is 0 Å². The highest BCUT2D eigenvalue weighted by molar-refractivity contribution is 5.73. The van der Waals surface area contributed by atoms with Crippen LogP contribution in [0, 0.1) is 17.8 Å². The van der Waals surface area contributed by atoms with Crippen molar-refractivity contribution in [1.29, 1.82) is 0 Å². The molecule has 2 fully saturated rings. The summed E-state index contributed by atoms with van der Waals surface area (Å²) < 4.78 is 5.67. The van der Waals surface area contributed by atoms with Gasteiger partial charge in [0.1, 0.15) is 11.7 Å². The number of hydrogen-bond donors (Lipinski definition) is 2. The maximum Gasteiger partial charge on any atom is 0.309 e. The second-order valence-electron chi connectivity index (χ2n) is 7.40. The zero-order valence-electron chi connectivity index (χ0n) is 14.5. The van der Waals surface area contributed by atoms with Crippen molar-refractivity contribution >= 4 is 5.97 Å². The summed E-state index contributed by atoms with van der Waals surface area (Å²) >= 11 is 0. The van der Waals surface area contributed by atoms with Crippen LogP contribution in [0.25, 0.3) is 0 Å². The first-order valence-corrected chi connectivity index (χ1v) is 8.96. The number of cyclic esters (lactones) is 1. The molecule has 0 radical (unpaired) electrons. The third kappa shape index (κ3) is 2.69. The van der Waals surface area contributed by atoms with Crippen LogP contribution in [0.15, 0.2) is 0 Å². The van der Waals surface area contributed by atoms with E-state index in [-0.39, 0.29) is 24.2 Å². The van der Waals surface area contributed by atoms with Crippen molar-refractivity contribution in [3.05, 3.63) is 0 Å². The Kier molecular flexibility index (Phi) is 5.23. The molecular weight excluding hydrogens is 280 g/mol. The van der Waals surface area contributed by atoms with Crippen LogP contribution in [0.4, 0.5) is 0 Å². The molecule has 0 spiro atoms. The molecule has 4 nitrogen and oxygen atoms in total. The summed E-state index contributed by atoms with van der Waals surface area (Å²) in [6, 6.07) is 0. The Balaban J connectivity index is 2.35. The molecule has 1 saturated carbocycles. The lowest BCUT2D eigenvalue weighted by Gasteiger charge is -2.44. The van der Waals surface area contributed by atoms with Crippen LogP contribution in [0.2, 0.25) is 0 Å². The third-order valence-electron chi connectivity index (χ3n) is 6.31. The Morgan fingerprint density at radius 3 is 2.41 bits per heavy atom. The molecule has 6 atom stereocenters. The molecular formula is C18H32O4. The minimum absolute atomic E-state index is 0.0521. The van der Waals surface area contributed by atoms with Crippen molar-refractivity contribution < 1.29 is 19.7 Å². The number of ether oxygens (including phenoxy) is 1. The molecule has 1 aliphatic heterocycles. The number of aliphatic hydroxyl groups excluding tert-OH is 1. The van der Waals surface area contributed by atoms with Gasteiger partial charge < -0.3 is 14.9 Å². The van der Waals surface area contributed by atoms with Crippen LogP contribution in [0.1, 0.15) is 72.6 Å². The highest BCUT2D eigenvalue weighted by atomic mass is 16.6. The van der Waals surface area contributed by atoms with E-state index in [0.29, 0.717) is 18.8 Å². The lowest BCUT2D eigenvalue weighted by atomic mass is 9.68. The Hall–Kier alpha value is -0.610. The zero-order chi connectivity index (χ0) is 16.5. The molecule has 128 valence electrons. The summed E-state index contributed by atoms with van der Waals surface area (Å²) in [5.41, 5.74) is -1.76. The van der Waals surface area contributed by atoms with Crippen LogP contribution >= 0.6 is 0 Å². The molecule has 0 aromatic heterocycles. The fourth-order valence-electron chi connectivity index (χ4n) is 5.07. The summed E-state index contributed by atoms with van der Waals surface area (Å²) in [5.74, 6) is 0.164. The standard InChI is InChI=1S/C18H32O4/c1-5-8-9-13-11-17(21,6-2)16(12(13)4)18(7-3)14(19)10-15(20)22-18/h12-14,16,19,21H,5-11H2,1-4H3. The summed E-state index contributed by atoms with van der Waals surface area (Å²) in [7, 11) is 0. The first-order valence-electron chi connectivity index (χ1n) is 8.96. The highest BCUT2D eigenvalue weighted by Gasteiger charge is 2.64. The molecule has 4 heteroatoms. The summed E-state index contributed by atoms with van der Waals surface area (Å²) in [5, 5.41) is 21.8. The van der Waals surface area contributed by atoms with Gasteiger partial charge in [-0.1, -0.05) is 47.0 Å². The van der Waals surface area contributed by atoms with Gasteiger partial charge in [0.15, 0.2) is 0 Å². The molecule has 2 aliphatic rings. The van der Waals surface area contributed by atoms with Crippen molar-refractivity contribution in [3.63, 3.8) is 0 Å². The van der Waals surface area contributed by atoms with Gasteiger partial charge in [-0.3, -0.25) is 4.79 Å². The van der Waals surface area contributed by atoms with E-state index >= 15 is 0 Å². The van der Waals surface area contributed by atoms with E-state index in [1.54, 1.807) is 0 Å². The summed E-state index contributed by atoms with van der Waals surface area (Å²) in [6.07, 6.45) is 4.59.